The molecule has 2 atom stereocenters. The normalized spacial score (nSPS) is 16.5. The van der Waals surface area contributed by atoms with Crippen LogP contribution in [0.1, 0.15) is 22.3 Å². The van der Waals surface area contributed by atoms with Gasteiger partial charge in [0, 0.05) is 60.2 Å². The zero-order chi connectivity index (χ0) is 47.5. The summed E-state index contributed by atoms with van der Waals surface area (Å²) in [5.41, 5.74) is 15.7. The highest BCUT2D eigenvalue weighted by molar-refractivity contribution is 7.85. The predicted octanol–water partition coefficient (Wildman–Crippen LogP) is 15.7. The van der Waals surface area contributed by atoms with Gasteiger partial charge in [0.05, 0.1) is 33.2 Å². The van der Waals surface area contributed by atoms with Crippen molar-refractivity contribution >= 4 is 83.7 Å². The number of rotatable bonds is 6. The van der Waals surface area contributed by atoms with Crippen LogP contribution in [0.5, 0.6) is 0 Å². The van der Waals surface area contributed by atoms with E-state index >= 15 is 4.57 Å². The van der Waals surface area contributed by atoms with E-state index in [2.05, 4.69) is 263 Å². The minimum absolute atomic E-state index is 0.814. The lowest BCUT2D eigenvalue weighted by molar-refractivity contribution is 0.590. The molecule has 11 aromatic carbocycles. The maximum atomic E-state index is 17.3. The van der Waals surface area contributed by atoms with Crippen molar-refractivity contribution in [1.82, 2.24) is 9.13 Å². The Kier molecular flexibility index (Phi) is 8.82. The minimum atomic E-state index is -3.58. The molecule has 72 heavy (non-hydrogen) atoms. The first kappa shape index (κ1) is 40.9. The SMILES string of the molecule is O=P1(c2ccccc2)c2ccccc2C2(c3ccccc3-n3c4ccccc4c4cccc2c43)c2ccc(N(c3ccc(-c4ccccc4)cc3)c3ccc4c5ccccc5n(-c5ccccc5)c4c3)cc21. The van der Waals surface area contributed by atoms with E-state index in [-0.39, 0.29) is 0 Å². The van der Waals surface area contributed by atoms with E-state index in [0.29, 0.717) is 0 Å². The van der Waals surface area contributed by atoms with Crippen LogP contribution in [0.15, 0.2) is 267 Å². The Morgan fingerprint density at radius 1 is 0.347 bits per heavy atom. The molecule has 2 aliphatic rings. The summed E-state index contributed by atoms with van der Waals surface area (Å²) in [6, 6.07) is 95.8. The Morgan fingerprint density at radius 2 is 0.875 bits per heavy atom. The van der Waals surface area contributed by atoms with Gasteiger partial charge in [-0.3, -0.25) is 0 Å². The van der Waals surface area contributed by atoms with Crippen LogP contribution in [-0.2, 0) is 9.98 Å². The number of aromatic nitrogens is 2. The maximum absolute atomic E-state index is 17.3. The zero-order valence-corrected chi connectivity index (χ0v) is 40.0. The van der Waals surface area contributed by atoms with Crippen molar-refractivity contribution < 1.29 is 4.57 Å². The molecule has 1 spiro atoms. The van der Waals surface area contributed by atoms with E-state index in [0.717, 1.165) is 77.6 Å². The van der Waals surface area contributed by atoms with E-state index in [9.17, 15) is 0 Å². The monoisotopic (exact) mass is 937 g/mol. The molecular weight excluding hydrogens is 894 g/mol. The van der Waals surface area contributed by atoms with E-state index in [1.165, 1.54) is 43.7 Å². The van der Waals surface area contributed by atoms with Crippen LogP contribution in [-0.4, -0.2) is 9.13 Å². The van der Waals surface area contributed by atoms with Gasteiger partial charge in [-0.1, -0.05) is 200 Å². The molecule has 0 fully saturated rings. The zero-order valence-electron chi connectivity index (χ0n) is 39.1. The van der Waals surface area contributed by atoms with Crippen LogP contribution in [0.2, 0.25) is 0 Å². The Hall–Kier alpha value is -8.95. The van der Waals surface area contributed by atoms with Crippen molar-refractivity contribution in [3.8, 4) is 22.5 Å². The van der Waals surface area contributed by atoms with E-state index < -0.39 is 12.6 Å². The molecule has 0 bridgehead atoms. The molecule has 0 aliphatic carbocycles. The molecular formula is C67H44N3OP. The lowest BCUT2D eigenvalue weighted by Gasteiger charge is -2.47. The van der Waals surface area contributed by atoms with Gasteiger partial charge in [0.25, 0.3) is 0 Å². The summed E-state index contributed by atoms with van der Waals surface area (Å²) in [7, 11) is -3.58. The number of hydrogen-bond acceptors (Lipinski definition) is 2. The Morgan fingerprint density at radius 3 is 1.65 bits per heavy atom. The molecule has 4 heterocycles. The second-order valence-electron chi connectivity index (χ2n) is 19.1. The third-order valence-electron chi connectivity index (χ3n) is 15.6. The summed E-state index contributed by atoms with van der Waals surface area (Å²) in [4.78, 5) is 2.36. The lowest BCUT2D eigenvalue weighted by atomic mass is 9.62. The van der Waals surface area contributed by atoms with Crippen molar-refractivity contribution in [3.63, 3.8) is 0 Å². The molecule has 2 unspecified atom stereocenters. The fraction of sp³-hybridized carbons (Fsp3) is 0.0149. The summed E-state index contributed by atoms with van der Waals surface area (Å²) >= 11 is 0. The number of benzene rings is 11. The van der Waals surface area contributed by atoms with Crippen molar-refractivity contribution in [1.29, 1.82) is 0 Å². The van der Waals surface area contributed by atoms with E-state index in [1.54, 1.807) is 0 Å². The average molecular weight is 938 g/mol. The smallest absolute Gasteiger partial charge is 0.171 e. The second-order valence-corrected chi connectivity index (χ2v) is 21.8. The molecule has 4 nitrogen and oxygen atoms in total. The standard InChI is InChI=1S/C67H44N3OP/c71-72(51-23-8-3-9-24-51)64-34-17-13-29-57(64)67(56-28-12-16-33-62(56)70-61-32-15-11-26-53(61)55-27-18-30-59(67)66(55)70)58-42-40-50(44-65(58)72)68(48-37-35-46(36-38-48)45-19-4-1-5-20-45)49-39-41-54-52-25-10-14-31-60(52)69(63(54)43-49)47-21-6-2-7-22-47/h1-44H. The summed E-state index contributed by atoms with van der Waals surface area (Å²) in [6.07, 6.45) is 0. The van der Waals surface area contributed by atoms with Gasteiger partial charge in [0.1, 0.15) is 0 Å². The quantitative estimate of drug-likeness (QED) is 0.156. The number of hydrogen-bond donors (Lipinski definition) is 0. The van der Waals surface area contributed by atoms with Gasteiger partial charge in [-0.2, -0.15) is 0 Å². The van der Waals surface area contributed by atoms with Gasteiger partial charge in [0.15, 0.2) is 7.14 Å². The molecule has 2 aliphatic heterocycles. The van der Waals surface area contributed by atoms with Gasteiger partial charge in [-0.25, -0.2) is 0 Å². The minimum Gasteiger partial charge on any atom is -0.310 e. The highest BCUT2D eigenvalue weighted by atomic mass is 31.2. The number of fused-ring (bicyclic) bond motifs is 14. The topological polar surface area (TPSA) is 30.2 Å². The van der Waals surface area contributed by atoms with Crippen molar-refractivity contribution in [2.75, 3.05) is 4.90 Å². The van der Waals surface area contributed by atoms with Crippen LogP contribution >= 0.6 is 7.14 Å². The third kappa shape index (κ3) is 5.56. The Bertz CT molecular complexity index is 4370. The molecule has 0 saturated heterocycles. The molecule has 0 N–H and O–H groups in total. The van der Waals surface area contributed by atoms with Crippen LogP contribution in [0.3, 0.4) is 0 Å². The Balaban J connectivity index is 1.05. The van der Waals surface area contributed by atoms with Gasteiger partial charge >= 0.3 is 0 Å². The highest BCUT2D eigenvalue weighted by Crippen LogP contribution is 2.61. The van der Waals surface area contributed by atoms with Crippen LogP contribution in [0.4, 0.5) is 17.1 Å². The fourth-order valence-electron chi connectivity index (χ4n) is 12.6. The molecule has 5 heteroatoms. The highest BCUT2D eigenvalue weighted by Gasteiger charge is 2.54. The summed E-state index contributed by atoms with van der Waals surface area (Å²) in [6.45, 7) is 0. The fourth-order valence-corrected chi connectivity index (χ4v) is 15.8. The second kappa shape index (κ2) is 15.5. The van der Waals surface area contributed by atoms with Crippen molar-refractivity contribution in [2.24, 2.45) is 0 Å². The largest absolute Gasteiger partial charge is 0.310 e. The first-order valence-electron chi connectivity index (χ1n) is 24.7. The van der Waals surface area contributed by atoms with E-state index in [4.69, 9.17) is 0 Å². The first-order valence-corrected chi connectivity index (χ1v) is 26.4. The predicted molar refractivity (Wildman–Crippen MR) is 300 cm³/mol. The lowest BCUT2D eigenvalue weighted by Crippen LogP contribution is -2.48. The van der Waals surface area contributed by atoms with Crippen molar-refractivity contribution in [3.05, 3.63) is 289 Å². The molecule has 0 amide bonds. The van der Waals surface area contributed by atoms with Gasteiger partial charge < -0.3 is 18.6 Å². The number of para-hydroxylation sites is 5. The molecule has 15 rings (SSSR count). The third-order valence-corrected chi connectivity index (χ3v) is 18.7. The van der Waals surface area contributed by atoms with Crippen LogP contribution in [0.25, 0.3) is 66.1 Å². The van der Waals surface area contributed by atoms with Gasteiger partial charge in [0.2, 0.25) is 0 Å². The maximum Gasteiger partial charge on any atom is 0.171 e. The van der Waals surface area contributed by atoms with Crippen LogP contribution < -0.4 is 20.8 Å². The van der Waals surface area contributed by atoms with Gasteiger partial charge in [-0.05, 0) is 100 Å². The molecule has 13 aromatic rings. The number of anilines is 3. The summed E-state index contributed by atoms with van der Waals surface area (Å²) in [5, 5.41) is 7.32. The molecule has 0 saturated carbocycles. The van der Waals surface area contributed by atoms with Crippen molar-refractivity contribution in [2.45, 2.75) is 5.41 Å². The number of nitrogens with zero attached hydrogens (tertiary/aromatic N) is 3. The van der Waals surface area contributed by atoms with E-state index in [1.807, 2.05) is 18.2 Å². The molecule has 2 aromatic heterocycles. The summed E-state index contributed by atoms with van der Waals surface area (Å²) in [5.74, 6) is 0. The van der Waals surface area contributed by atoms with Crippen LogP contribution in [0, 0.1) is 0 Å². The average Bonchev–Trinajstić information content (AvgIpc) is 3.97. The Labute approximate surface area is 417 Å². The molecule has 0 radical (unpaired) electrons. The van der Waals surface area contributed by atoms with Gasteiger partial charge in [-0.15, -0.1) is 0 Å². The first-order chi connectivity index (χ1) is 35.6. The summed E-state index contributed by atoms with van der Waals surface area (Å²) < 4.78 is 22.2. The molecule has 338 valence electrons.